The van der Waals surface area contributed by atoms with E-state index in [0.29, 0.717) is 19.7 Å². The first-order valence-electron chi connectivity index (χ1n) is 7.20. The number of fused-ring (bicyclic) bond motifs is 5. The number of amides is 1. The number of aliphatic imine (C=N–C) groups is 2. The van der Waals surface area contributed by atoms with Gasteiger partial charge in [0.1, 0.15) is 10.8 Å². The summed E-state index contributed by atoms with van der Waals surface area (Å²) in [5, 5.41) is 1.03. The Morgan fingerprint density at radius 3 is 3.24 bits per heavy atom. The Labute approximate surface area is 126 Å². The molecule has 7 heteroatoms. The second kappa shape index (κ2) is 4.84. The van der Waals surface area contributed by atoms with Crippen LogP contribution in [0.1, 0.15) is 22.9 Å². The summed E-state index contributed by atoms with van der Waals surface area (Å²) >= 11 is 1.67. The summed E-state index contributed by atoms with van der Waals surface area (Å²) in [6, 6.07) is 0. The van der Waals surface area contributed by atoms with E-state index in [1.807, 2.05) is 13.3 Å². The lowest BCUT2D eigenvalue weighted by atomic mass is 10.0. The van der Waals surface area contributed by atoms with Crippen LogP contribution < -0.4 is 0 Å². The van der Waals surface area contributed by atoms with Crippen molar-refractivity contribution in [3.63, 3.8) is 0 Å². The smallest absolute Gasteiger partial charge is 0.410 e. The van der Waals surface area contributed by atoms with Crippen molar-refractivity contribution in [1.82, 2.24) is 9.80 Å². The highest BCUT2D eigenvalue weighted by Crippen LogP contribution is 2.41. The second-order valence-corrected chi connectivity index (χ2v) is 6.28. The summed E-state index contributed by atoms with van der Waals surface area (Å²) in [7, 11) is 0. The van der Waals surface area contributed by atoms with Crippen molar-refractivity contribution in [1.29, 1.82) is 0 Å². The molecule has 0 fully saturated rings. The van der Waals surface area contributed by atoms with E-state index in [2.05, 4.69) is 14.9 Å². The van der Waals surface area contributed by atoms with Crippen LogP contribution in [0.4, 0.5) is 9.80 Å². The minimum Gasteiger partial charge on any atom is -0.450 e. The Morgan fingerprint density at radius 2 is 2.38 bits per heavy atom. The van der Waals surface area contributed by atoms with Crippen LogP contribution in [0, 0.1) is 0 Å². The fourth-order valence-corrected chi connectivity index (χ4v) is 4.20. The van der Waals surface area contributed by atoms with E-state index in [0.717, 1.165) is 30.3 Å². The molecule has 0 saturated heterocycles. The maximum atomic E-state index is 11.9. The third kappa shape index (κ3) is 1.95. The van der Waals surface area contributed by atoms with Crippen LogP contribution >= 0.6 is 11.3 Å². The summed E-state index contributed by atoms with van der Waals surface area (Å²) < 4.78 is 5.10. The predicted octanol–water partition coefficient (Wildman–Crippen LogP) is 2.00. The highest BCUT2D eigenvalue weighted by atomic mass is 32.1. The minimum absolute atomic E-state index is 0.224. The van der Waals surface area contributed by atoms with Gasteiger partial charge in [-0.05, 0) is 18.9 Å². The van der Waals surface area contributed by atoms with Crippen LogP contribution in [0.25, 0.3) is 0 Å². The van der Waals surface area contributed by atoms with E-state index in [1.165, 1.54) is 16.0 Å². The van der Waals surface area contributed by atoms with Gasteiger partial charge in [-0.1, -0.05) is 0 Å². The molecular formula is C14H16N4O2S. The molecule has 1 aromatic heterocycles. The number of rotatable bonds is 1. The highest BCUT2D eigenvalue weighted by Gasteiger charge is 2.33. The van der Waals surface area contributed by atoms with Crippen LogP contribution in [0.2, 0.25) is 0 Å². The number of hydrogen-bond donors (Lipinski definition) is 0. The van der Waals surface area contributed by atoms with Crippen molar-refractivity contribution in [3.8, 4) is 0 Å². The summed E-state index contributed by atoms with van der Waals surface area (Å²) in [5.74, 6) is 1.06. The van der Waals surface area contributed by atoms with Gasteiger partial charge in [-0.2, -0.15) is 0 Å². The molecule has 0 atom stereocenters. The lowest BCUT2D eigenvalue weighted by Crippen LogP contribution is -2.36. The van der Waals surface area contributed by atoms with Crippen LogP contribution in [-0.4, -0.2) is 54.3 Å². The van der Waals surface area contributed by atoms with Crippen molar-refractivity contribution in [2.75, 3.05) is 26.2 Å². The lowest BCUT2D eigenvalue weighted by molar-refractivity contribution is 0.103. The van der Waals surface area contributed by atoms with Gasteiger partial charge >= 0.3 is 6.09 Å². The molecule has 21 heavy (non-hydrogen) atoms. The summed E-state index contributed by atoms with van der Waals surface area (Å²) in [6.07, 6.45) is 2.50. The van der Waals surface area contributed by atoms with E-state index in [1.54, 1.807) is 16.2 Å². The van der Waals surface area contributed by atoms with Crippen molar-refractivity contribution >= 4 is 34.6 Å². The molecule has 3 aliphatic rings. The topological polar surface area (TPSA) is 57.5 Å². The molecule has 0 bridgehead atoms. The first-order chi connectivity index (χ1) is 10.3. The molecule has 0 aromatic carbocycles. The van der Waals surface area contributed by atoms with E-state index in [-0.39, 0.29) is 6.09 Å². The predicted molar refractivity (Wildman–Crippen MR) is 81.7 cm³/mol. The molecule has 0 saturated carbocycles. The van der Waals surface area contributed by atoms with Gasteiger partial charge in [0.2, 0.25) is 0 Å². The monoisotopic (exact) mass is 304 g/mol. The first-order valence-corrected chi connectivity index (χ1v) is 8.01. The Hall–Kier alpha value is -1.89. The van der Waals surface area contributed by atoms with Crippen LogP contribution in [-0.2, 0) is 17.7 Å². The van der Waals surface area contributed by atoms with E-state index in [4.69, 9.17) is 4.74 Å². The molecule has 0 spiro atoms. The molecule has 0 N–H and O–H groups in total. The molecule has 6 nitrogen and oxygen atoms in total. The molecule has 1 aromatic rings. The van der Waals surface area contributed by atoms with Gasteiger partial charge in [-0.15, -0.1) is 11.3 Å². The van der Waals surface area contributed by atoms with Crippen LogP contribution in [0.5, 0.6) is 0 Å². The number of nitrogens with zero attached hydrogens (tertiary/aromatic N) is 4. The third-order valence-corrected chi connectivity index (χ3v) is 5.10. The van der Waals surface area contributed by atoms with Crippen LogP contribution in [0.15, 0.2) is 9.98 Å². The molecule has 4 rings (SSSR count). The maximum absolute atomic E-state index is 11.9. The quantitative estimate of drug-likeness (QED) is 0.797. The number of amidine groups is 1. The van der Waals surface area contributed by atoms with Crippen molar-refractivity contribution in [2.45, 2.75) is 19.9 Å². The highest BCUT2D eigenvalue weighted by molar-refractivity contribution is 7.16. The Balaban J connectivity index is 1.67. The molecule has 110 valence electrons. The van der Waals surface area contributed by atoms with Gasteiger partial charge in [0.25, 0.3) is 0 Å². The van der Waals surface area contributed by atoms with Gasteiger partial charge in [0, 0.05) is 18.0 Å². The lowest BCUT2D eigenvalue weighted by Gasteiger charge is -2.27. The molecular weight excluding hydrogens is 288 g/mol. The Bertz CT molecular complexity index is 664. The molecule has 4 heterocycles. The molecule has 0 radical (unpaired) electrons. The van der Waals surface area contributed by atoms with Crippen molar-refractivity contribution in [2.24, 2.45) is 9.98 Å². The van der Waals surface area contributed by atoms with Crippen molar-refractivity contribution in [3.05, 3.63) is 16.0 Å². The van der Waals surface area contributed by atoms with Crippen LogP contribution in [0.3, 0.4) is 0 Å². The number of carbonyl (C=O) groups is 1. The molecule has 3 aliphatic heterocycles. The average Bonchev–Trinajstić information content (AvgIpc) is 3.09. The van der Waals surface area contributed by atoms with Gasteiger partial charge in [-0.3, -0.25) is 4.99 Å². The fourth-order valence-electron chi connectivity index (χ4n) is 3.00. The van der Waals surface area contributed by atoms with Gasteiger partial charge in [0.15, 0.2) is 0 Å². The van der Waals surface area contributed by atoms with Gasteiger partial charge in [-0.25, -0.2) is 9.79 Å². The van der Waals surface area contributed by atoms with E-state index in [9.17, 15) is 4.79 Å². The Morgan fingerprint density at radius 1 is 1.48 bits per heavy atom. The third-order valence-electron chi connectivity index (χ3n) is 3.98. The van der Waals surface area contributed by atoms with E-state index < -0.39 is 0 Å². The number of ether oxygens (including phenoxy) is 1. The summed E-state index contributed by atoms with van der Waals surface area (Å²) in [6.45, 7) is 5.32. The zero-order valence-corrected chi connectivity index (χ0v) is 12.7. The zero-order valence-electron chi connectivity index (χ0n) is 11.8. The summed E-state index contributed by atoms with van der Waals surface area (Å²) in [4.78, 5) is 26.2. The number of carbonyl (C=O) groups excluding carboxylic acids is 1. The maximum Gasteiger partial charge on any atom is 0.410 e. The summed E-state index contributed by atoms with van der Waals surface area (Å²) in [5.41, 5.74) is 2.51. The largest absolute Gasteiger partial charge is 0.450 e. The molecule has 1 amide bonds. The van der Waals surface area contributed by atoms with Crippen molar-refractivity contribution < 1.29 is 9.53 Å². The molecule has 0 unspecified atom stereocenters. The standard InChI is InChI=1S/C14H16N4O2S/c1-2-20-14(19)17-5-3-9-10(7-17)21-13-11(9)12-15-4-6-18(12)8-16-13/h8H,2-7H2,1H3. The second-order valence-electron chi connectivity index (χ2n) is 5.20. The molecule has 0 aliphatic carbocycles. The average molecular weight is 304 g/mol. The minimum atomic E-state index is -0.224. The number of thiophene rings is 1. The fraction of sp³-hybridized carbons (Fsp3) is 0.500. The SMILES string of the molecule is CCOC(=O)N1CCc2c(sc3c2C2=NCCN2C=N3)C1. The zero-order chi connectivity index (χ0) is 14.4. The first kappa shape index (κ1) is 12.8. The van der Waals surface area contributed by atoms with Gasteiger partial charge < -0.3 is 14.5 Å². The van der Waals surface area contributed by atoms with E-state index >= 15 is 0 Å². The Kier molecular flexibility index (Phi) is 2.95. The number of hydrogen-bond acceptors (Lipinski definition) is 6. The van der Waals surface area contributed by atoms with Gasteiger partial charge in [0.05, 0.1) is 31.6 Å². The normalized spacial score (nSPS) is 19.0.